The van der Waals surface area contributed by atoms with Crippen molar-refractivity contribution in [3.63, 3.8) is 0 Å². The van der Waals surface area contributed by atoms with Crippen LogP contribution < -0.4 is 14.5 Å². The van der Waals surface area contributed by atoms with Gasteiger partial charge in [-0.15, -0.1) is 0 Å². The number of hydrogen-bond donors (Lipinski definition) is 0. The number of nitrogens with zero attached hydrogens (tertiary/aromatic N) is 2. The Bertz CT molecular complexity index is 1170. The van der Waals surface area contributed by atoms with E-state index in [1.807, 2.05) is 61.5 Å². The van der Waals surface area contributed by atoms with Crippen molar-refractivity contribution in [1.29, 1.82) is 0 Å². The minimum atomic E-state index is -0.188. The van der Waals surface area contributed by atoms with E-state index in [4.69, 9.17) is 27.9 Å². The molecule has 170 valence electrons. The molecule has 0 aromatic heterocycles. The number of anilines is 2. The summed E-state index contributed by atoms with van der Waals surface area (Å²) in [4.78, 5) is 29.5. The number of halogens is 2. The van der Waals surface area contributed by atoms with Gasteiger partial charge in [0.05, 0.1) is 11.1 Å². The van der Waals surface area contributed by atoms with Crippen molar-refractivity contribution < 1.29 is 14.3 Å². The molecule has 0 radical (unpaired) electrons. The maximum Gasteiger partial charge on any atom is 0.265 e. The fourth-order valence-electron chi connectivity index (χ4n) is 4.38. The topological polar surface area (TPSA) is 49.9 Å². The summed E-state index contributed by atoms with van der Waals surface area (Å²) >= 11 is 12.1. The summed E-state index contributed by atoms with van der Waals surface area (Å²) in [7, 11) is 0. The Morgan fingerprint density at radius 3 is 2.42 bits per heavy atom. The van der Waals surface area contributed by atoms with Gasteiger partial charge >= 0.3 is 0 Å². The first-order valence-corrected chi connectivity index (χ1v) is 11.5. The fraction of sp³-hybridized carbons (Fsp3) is 0.231. The standard InChI is InChI=1S/C26H24Cl2N2O3/c1-17-14-24(30(18(2)31)20-8-4-3-5-9-20)21-10-6-7-11-23(21)29(17)26(32)16-33-25-13-12-19(27)15-22(25)28/h3-13,15,17,24H,14,16H2,1-2H3/t17-,24+/m0/s1. The van der Waals surface area contributed by atoms with Crippen molar-refractivity contribution in [2.24, 2.45) is 0 Å². The minimum absolute atomic E-state index is 0.0475. The van der Waals surface area contributed by atoms with Gasteiger partial charge in [-0.1, -0.05) is 59.6 Å². The van der Waals surface area contributed by atoms with E-state index in [1.54, 1.807) is 34.9 Å². The lowest BCUT2D eigenvalue weighted by atomic mass is 9.90. The molecule has 0 aliphatic carbocycles. The van der Waals surface area contributed by atoms with Crippen molar-refractivity contribution in [2.75, 3.05) is 16.4 Å². The largest absolute Gasteiger partial charge is 0.482 e. The predicted molar refractivity (Wildman–Crippen MR) is 132 cm³/mol. The first-order chi connectivity index (χ1) is 15.9. The first-order valence-electron chi connectivity index (χ1n) is 10.7. The Morgan fingerprint density at radius 1 is 1.03 bits per heavy atom. The molecule has 0 N–H and O–H groups in total. The molecular weight excluding hydrogens is 459 g/mol. The van der Waals surface area contributed by atoms with Crippen LogP contribution in [0.25, 0.3) is 0 Å². The summed E-state index contributed by atoms with van der Waals surface area (Å²) in [6, 6.07) is 21.9. The zero-order chi connectivity index (χ0) is 23.5. The van der Waals surface area contributed by atoms with E-state index >= 15 is 0 Å². The van der Waals surface area contributed by atoms with Crippen LogP contribution in [0.5, 0.6) is 5.75 Å². The minimum Gasteiger partial charge on any atom is -0.482 e. The average Bonchev–Trinajstić information content (AvgIpc) is 2.79. The molecule has 1 heterocycles. The molecule has 0 saturated heterocycles. The lowest BCUT2D eigenvalue weighted by Crippen LogP contribution is -2.48. The Morgan fingerprint density at radius 2 is 1.73 bits per heavy atom. The zero-order valence-electron chi connectivity index (χ0n) is 18.4. The molecule has 0 spiro atoms. The Balaban J connectivity index is 1.63. The van der Waals surface area contributed by atoms with Gasteiger partial charge < -0.3 is 14.5 Å². The molecule has 0 bridgehead atoms. The molecule has 0 fully saturated rings. The number of amides is 2. The Kier molecular flexibility index (Phi) is 6.91. The van der Waals surface area contributed by atoms with Crippen LogP contribution in [0.4, 0.5) is 11.4 Å². The molecule has 33 heavy (non-hydrogen) atoms. The van der Waals surface area contributed by atoms with Gasteiger partial charge in [-0.25, -0.2) is 0 Å². The molecule has 0 saturated carbocycles. The molecule has 1 aliphatic rings. The van der Waals surface area contributed by atoms with Crippen molar-refractivity contribution in [3.8, 4) is 5.75 Å². The molecule has 3 aromatic rings. The number of fused-ring (bicyclic) bond motifs is 1. The van der Waals surface area contributed by atoms with Crippen LogP contribution in [-0.2, 0) is 9.59 Å². The molecule has 2 atom stereocenters. The lowest BCUT2D eigenvalue weighted by Gasteiger charge is -2.43. The van der Waals surface area contributed by atoms with Crippen molar-refractivity contribution in [2.45, 2.75) is 32.4 Å². The third kappa shape index (κ3) is 4.85. The summed E-state index contributed by atoms with van der Waals surface area (Å²) in [5.41, 5.74) is 2.53. The Hall–Kier alpha value is -3.02. The second-order valence-corrected chi connectivity index (χ2v) is 8.85. The van der Waals surface area contributed by atoms with Crippen LogP contribution in [0.3, 0.4) is 0 Å². The maximum absolute atomic E-state index is 13.3. The highest BCUT2D eigenvalue weighted by Crippen LogP contribution is 2.42. The van der Waals surface area contributed by atoms with Crippen LogP contribution in [0.15, 0.2) is 72.8 Å². The number of carbonyl (C=O) groups is 2. The van der Waals surface area contributed by atoms with Crippen LogP contribution in [0.2, 0.25) is 10.0 Å². The summed E-state index contributed by atoms with van der Waals surface area (Å²) in [5.74, 6) is 0.166. The van der Waals surface area contributed by atoms with E-state index in [1.165, 1.54) is 0 Å². The molecule has 4 rings (SSSR count). The van der Waals surface area contributed by atoms with Gasteiger partial charge in [0.2, 0.25) is 5.91 Å². The molecule has 0 unspecified atom stereocenters. The number of ether oxygens (including phenoxy) is 1. The normalized spacial score (nSPS) is 17.3. The molecule has 2 amide bonds. The zero-order valence-corrected chi connectivity index (χ0v) is 19.9. The average molecular weight is 483 g/mol. The van der Waals surface area contributed by atoms with E-state index in [0.29, 0.717) is 22.2 Å². The SMILES string of the molecule is CC(=O)N(c1ccccc1)[C@@H]1C[C@H](C)N(C(=O)COc2ccc(Cl)cc2Cl)c2ccccc21. The number of para-hydroxylation sites is 2. The van der Waals surface area contributed by atoms with E-state index in [0.717, 1.165) is 16.9 Å². The van der Waals surface area contributed by atoms with Gasteiger partial charge in [-0.05, 0) is 55.3 Å². The lowest BCUT2D eigenvalue weighted by molar-refractivity contribution is -0.121. The summed E-state index contributed by atoms with van der Waals surface area (Å²) < 4.78 is 5.71. The van der Waals surface area contributed by atoms with Crippen molar-refractivity contribution in [3.05, 3.63) is 88.4 Å². The second kappa shape index (κ2) is 9.86. The highest BCUT2D eigenvalue weighted by atomic mass is 35.5. The first kappa shape index (κ1) is 23.1. The molecule has 1 aliphatic heterocycles. The maximum atomic E-state index is 13.3. The van der Waals surface area contributed by atoms with Gasteiger partial charge in [0.15, 0.2) is 6.61 Å². The van der Waals surface area contributed by atoms with Gasteiger partial charge in [0.1, 0.15) is 5.75 Å². The predicted octanol–water partition coefficient (Wildman–Crippen LogP) is 6.29. The smallest absolute Gasteiger partial charge is 0.265 e. The van der Waals surface area contributed by atoms with Crippen molar-refractivity contribution in [1.82, 2.24) is 0 Å². The van der Waals surface area contributed by atoms with E-state index < -0.39 is 0 Å². The van der Waals surface area contributed by atoms with E-state index in [9.17, 15) is 9.59 Å². The molecule has 5 nitrogen and oxygen atoms in total. The third-order valence-electron chi connectivity index (χ3n) is 5.76. The van der Waals surface area contributed by atoms with Crippen LogP contribution in [0.1, 0.15) is 31.9 Å². The highest BCUT2D eigenvalue weighted by molar-refractivity contribution is 6.35. The third-order valence-corrected chi connectivity index (χ3v) is 6.29. The highest BCUT2D eigenvalue weighted by Gasteiger charge is 2.37. The van der Waals surface area contributed by atoms with E-state index in [2.05, 4.69) is 0 Å². The monoisotopic (exact) mass is 482 g/mol. The summed E-state index contributed by atoms with van der Waals surface area (Å²) in [6.45, 7) is 3.39. The second-order valence-electron chi connectivity index (χ2n) is 8.01. The van der Waals surface area contributed by atoms with Crippen LogP contribution >= 0.6 is 23.2 Å². The molecule has 3 aromatic carbocycles. The number of rotatable bonds is 5. The Labute approximate surface area is 203 Å². The van der Waals surface area contributed by atoms with Gasteiger partial charge in [-0.2, -0.15) is 0 Å². The fourth-order valence-corrected chi connectivity index (χ4v) is 4.84. The van der Waals surface area contributed by atoms with E-state index in [-0.39, 0.29) is 30.5 Å². The van der Waals surface area contributed by atoms with Crippen molar-refractivity contribution >= 4 is 46.4 Å². The van der Waals surface area contributed by atoms with Crippen LogP contribution in [-0.4, -0.2) is 24.5 Å². The molecule has 7 heteroatoms. The van der Waals surface area contributed by atoms with Gasteiger partial charge in [-0.3, -0.25) is 9.59 Å². The number of carbonyl (C=O) groups excluding carboxylic acids is 2. The quantitative estimate of drug-likeness (QED) is 0.429. The molecular formula is C26H24Cl2N2O3. The van der Waals surface area contributed by atoms with Gasteiger partial charge in [0, 0.05) is 29.4 Å². The van der Waals surface area contributed by atoms with Crippen LogP contribution in [0, 0.1) is 0 Å². The summed E-state index contributed by atoms with van der Waals surface area (Å²) in [5, 5.41) is 0.846. The number of benzene rings is 3. The van der Waals surface area contributed by atoms with Gasteiger partial charge in [0.25, 0.3) is 5.91 Å². The number of hydrogen-bond acceptors (Lipinski definition) is 3. The summed E-state index contributed by atoms with van der Waals surface area (Å²) in [6.07, 6.45) is 0.596.